The minimum absolute atomic E-state index is 0.211. The van der Waals surface area contributed by atoms with Gasteiger partial charge in [0.2, 0.25) is 0 Å². The third kappa shape index (κ3) is 3.75. The second kappa shape index (κ2) is 6.07. The Labute approximate surface area is 100.0 Å². The summed E-state index contributed by atoms with van der Waals surface area (Å²) in [6, 6.07) is 3.58. The molecule has 0 amide bonds. The summed E-state index contributed by atoms with van der Waals surface area (Å²) >= 11 is 0. The highest BCUT2D eigenvalue weighted by molar-refractivity contribution is 5.17. The maximum absolute atomic E-state index is 13.3. The van der Waals surface area contributed by atoms with Crippen molar-refractivity contribution < 1.29 is 13.5 Å². The molecular formula is C13H17F2NO. The minimum atomic E-state index is -0.553. The van der Waals surface area contributed by atoms with Crippen LogP contribution in [0, 0.1) is 17.6 Å². The van der Waals surface area contributed by atoms with Crippen molar-refractivity contribution in [2.75, 3.05) is 19.7 Å². The second-order valence-electron chi connectivity index (χ2n) is 4.46. The fourth-order valence-electron chi connectivity index (χ4n) is 2.04. The number of hydrogen-bond donors (Lipinski definition) is 1. The number of benzene rings is 1. The molecule has 4 heteroatoms. The Bertz CT molecular complexity index is 364. The summed E-state index contributed by atoms with van der Waals surface area (Å²) in [4.78, 5) is 0. The zero-order chi connectivity index (χ0) is 12.1. The molecule has 0 spiro atoms. The van der Waals surface area contributed by atoms with Crippen molar-refractivity contribution >= 4 is 0 Å². The largest absolute Gasteiger partial charge is 0.376 e. The maximum Gasteiger partial charge on any atom is 0.131 e. The molecule has 1 aliphatic rings. The van der Waals surface area contributed by atoms with E-state index in [1.165, 1.54) is 18.6 Å². The van der Waals surface area contributed by atoms with E-state index in [2.05, 4.69) is 5.32 Å². The summed E-state index contributed by atoms with van der Waals surface area (Å²) in [5.74, 6) is -0.582. The van der Waals surface area contributed by atoms with E-state index < -0.39 is 11.6 Å². The summed E-state index contributed by atoms with van der Waals surface area (Å²) in [5, 5.41) is 3.30. The van der Waals surface area contributed by atoms with E-state index in [1.807, 2.05) is 0 Å². The minimum Gasteiger partial charge on any atom is -0.376 e. The van der Waals surface area contributed by atoms with Gasteiger partial charge in [-0.2, -0.15) is 0 Å². The lowest BCUT2D eigenvalue weighted by atomic mass is 10.0. The van der Waals surface area contributed by atoms with Gasteiger partial charge in [-0.05, 0) is 31.4 Å². The van der Waals surface area contributed by atoms with E-state index in [0.717, 1.165) is 25.6 Å². The predicted molar refractivity (Wildman–Crippen MR) is 61.6 cm³/mol. The van der Waals surface area contributed by atoms with Crippen molar-refractivity contribution in [3.05, 3.63) is 35.4 Å². The van der Waals surface area contributed by atoms with Crippen LogP contribution in [0.25, 0.3) is 0 Å². The van der Waals surface area contributed by atoms with E-state index >= 15 is 0 Å². The van der Waals surface area contributed by atoms with Crippen molar-refractivity contribution in [3.8, 4) is 0 Å². The molecule has 1 saturated heterocycles. The van der Waals surface area contributed by atoms with Crippen molar-refractivity contribution in [3.63, 3.8) is 0 Å². The second-order valence-corrected chi connectivity index (χ2v) is 4.46. The first-order chi connectivity index (χ1) is 8.25. The van der Waals surface area contributed by atoms with Crippen LogP contribution in [0.5, 0.6) is 0 Å². The fourth-order valence-corrected chi connectivity index (χ4v) is 2.04. The molecule has 94 valence electrons. The lowest BCUT2D eigenvalue weighted by molar-refractivity contribution is 0.0765. The smallest absolute Gasteiger partial charge is 0.131 e. The van der Waals surface area contributed by atoms with Crippen LogP contribution in [-0.2, 0) is 11.3 Å². The van der Waals surface area contributed by atoms with E-state index in [4.69, 9.17) is 4.74 Å². The van der Waals surface area contributed by atoms with Crippen LogP contribution >= 0.6 is 0 Å². The Balaban J connectivity index is 1.77. The van der Waals surface area contributed by atoms with Crippen molar-refractivity contribution in [2.45, 2.75) is 19.4 Å². The SMILES string of the molecule is Fc1ccc(COC[C@@H]2CCCNC2)c(F)c1. The Hall–Kier alpha value is -1.00. The van der Waals surface area contributed by atoms with Gasteiger partial charge in [-0.25, -0.2) is 8.78 Å². The average Bonchev–Trinajstić information content (AvgIpc) is 2.33. The quantitative estimate of drug-likeness (QED) is 0.874. The lowest BCUT2D eigenvalue weighted by Gasteiger charge is -2.22. The third-order valence-corrected chi connectivity index (χ3v) is 3.03. The zero-order valence-corrected chi connectivity index (χ0v) is 9.72. The molecule has 0 radical (unpaired) electrons. The van der Waals surface area contributed by atoms with Crippen molar-refractivity contribution in [1.82, 2.24) is 5.32 Å². The number of rotatable bonds is 4. The zero-order valence-electron chi connectivity index (χ0n) is 9.72. The fraction of sp³-hybridized carbons (Fsp3) is 0.538. The predicted octanol–water partition coefficient (Wildman–Crippen LogP) is 2.48. The van der Waals surface area contributed by atoms with Crippen LogP contribution in [-0.4, -0.2) is 19.7 Å². The molecule has 1 atom stereocenters. The van der Waals surface area contributed by atoms with Crippen molar-refractivity contribution in [1.29, 1.82) is 0 Å². The monoisotopic (exact) mass is 241 g/mol. The summed E-state index contributed by atoms with van der Waals surface area (Å²) in [6.07, 6.45) is 2.32. The molecule has 2 rings (SSSR count). The van der Waals surface area contributed by atoms with Crippen molar-refractivity contribution in [2.24, 2.45) is 5.92 Å². The first-order valence-electron chi connectivity index (χ1n) is 5.98. The number of halogens is 2. The molecule has 17 heavy (non-hydrogen) atoms. The topological polar surface area (TPSA) is 21.3 Å². The Kier molecular flexibility index (Phi) is 4.45. The van der Waals surface area contributed by atoms with Crippen LogP contribution in [0.3, 0.4) is 0 Å². The van der Waals surface area contributed by atoms with Gasteiger partial charge in [0.1, 0.15) is 11.6 Å². The lowest BCUT2D eigenvalue weighted by Crippen LogP contribution is -2.32. The normalized spacial score (nSPS) is 20.5. The number of hydrogen-bond acceptors (Lipinski definition) is 2. The Morgan fingerprint density at radius 2 is 2.24 bits per heavy atom. The van der Waals surface area contributed by atoms with Gasteiger partial charge in [-0.3, -0.25) is 0 Å². The van der Waals surface area contributed by atoms with Gasteiger partial charge in [-0.15, -0.1) is 0 Å². The molecular weight excluding hydrogens is 224 g/mol. The Morgan fingerprint density at radius 1 is 1.35 bits per heavy atom. The van der Waals surface area contributed by atoms with Crippen LogP contribution in [0.4, 0.5) is 8.78 Å². The molecule has 0 aliphatic carbocycles. The first kappa shape index (κ1) is 12.5. The van der Waals surface area contributed by atoms with Crippen LogP contribution < -0.4 is 5.32 Å². The molecule has 0 unspecified atom stereocenters. The summed E-state index contributed by atoms with van der Waals surface area (Å²) in [7, 11) is 0. The first-order valence-corrected chi connectivity index (χ1v) is 5.98. The van der Waals surface area contributed by atoms with Gasteiger partial charge in [0, 0.05) is 18.2 Å². The highest BCUT2D eigenvalue weighted by Gasteiger charge is 2.13. The van der Waals surface area contributed by atoms with Crippen LogP contribution in [0.15, 0.2) is 18.2 Å². The molecule has 1 aromatic carbocycles. The number of piperidine rings is 1. The molecule has 1 fully saturated rings. The summed E-state index contributed by atoms with van der Waals surface area (Å²) < 4.78 is 31.4. The van der Waals surface area contributed by atoms with Gasteiger partial charge in [0.05, 0.1) is 13.2 Å². The molecule has 1 aromatic rings. The van der Waals surface area contributed by atoms with Gasteiger partial charge in [-0.1, -0.05) is 6.07 Å². The van der Waals surface area contributed by atoms with Gasteiger partial charge >= 0.3 is 0 Å². The van der Waals surface area contributed by atoms with E-state index in [1.54, 1.807) is 0 Å². The van der Waals surface area contributed by atoms with E-state index in [-0.39, 0.29) is 6.61 Å². The molecule has 1 N–H and O–H groups in total. The third-order valence-electron chi connectivity index (χ3n) is 3.03. The Morgan fingerprint density at radius 3 is 2.94 bits per heavy atom. The highest BCUT2D eigenvalue weighted by atomic mass is 19.1. The summed E-state index contributed by atoms with van der Waals surface area (Å²) in [6.45, 7) is 2.88. The van der Waals surface area contributed by atoms with Crippen LogP contribution in [0.2, 0.25) is 0 Å². The standard InChI is InChI=1S/C13H17F2NO/c14-12-4-3-11(13(15)6-12)9-17-8-10-2-1-5-16-7-10/h3-4,6,10,16H,1-2,5,7-9H2/t10-/m1/s1. The average molecular weight is 241 g/mol. The van der Waals surface area contributed by atoms with Gasteiger partial charge in [0.15, 0.2) is 0 Å². The van der Waals surface area contributed by atoms with E-state index in [9.17, 15) is 8.78 Å². The van der Waals surface area contributed by atoms with Gasteiger partial charge < -0.3 is 10.1 Å². The maximum atomic E-state index is 13.3. The number of nitrogens with one attached hydrogen (secondary N) is 1. The highest BCUT2D eigenvalue weighted by Crippen LogP contribution is 2.13. The van der Waals surface area contributed by atoms with Gasteiger partial charge in [0.25, 0.3) is 0 Å². The molecule has 1 heterocycles. The molecule has 0 saturated carbocycles. The molecule has 0 bridgehead atoms. The molecule has 0 aromatic heterocycles. The van der Waals surface area contributed by atoms with E-state index in [0.29, 0.717) is 18.1 Å². The van der Waals surface area contributed by atoms with Crippen LogP contribution in [0.1, 0.15) is 18.4 Å². The summed E-state index contributed by atoms with van der Waals surface area (Å²) in [5.41, 5.74) is 0.412. The molecule has 1 aliphatic heterocycles. The number of ether oxygens (including phenoxy) is 1. The molecule has 2 nitrogen and oxygen atoms in total.